The fourth-order valence-electron chi connectivity index (χ4n) is 1.95. The first kappa shape index (κ1) is 21.0. The Morgan fingerprint density at radius 2 is 1.81 bits per heavy atom. The van der Waals surface area contributed by atoms with Crippen molar-refractivity contribution in [2.45, 2.75) is 18.9 Å². The maximum Gasteiger partial charge on any atom is 0.490 e. The van der Waals surface area contributed by atoms with Gasteiger partial charge in [0.25, 0.3) is 0 Å². The lowest BCUT2D eigenvalue weighted by Crippen LogP contribution is -2.48. The summed E-state index contributed by atoms with van der Waals surface area (Å²) in [5, 5.41) is 11.0. The van der Waals surface area contributed by atoms with E-state index in [1.165, 1.54) is 0 Å². The van der Waals surface area contributed by atoms with Gasteiger partial charge in [-0.1, -0.05) is 35.9 Å². The van der Waals surface area contributed by atoms with Crippen molar-refractivity contribution in [3.63, 3.8) is 0 Å². The number of carboxylic acid groups (broad SMARTS) is 1. The van der Waals surface area contributed by atoms with Gasteiger partial charge in [0.2, 0.25) is 0 Å². The van der Waals surface area contributed by atoms with Crippen molar-refractivity contribution in [1.82, 2.24) is 5.32 Å². The molecule has 27 heavy (non-hydrogen) atoms. The summed E-state index contributed by atoms with van der Waals surface area (Å²) < 4.78 is 43.4. The first-order chi connectivity index (χ1) is 12.8. The van der Waals surface area contributed by atoms with E-state index in [2.05, 4.69) is 5.32 Å². The molecule has 0 radical (unpaired) electrons. The fourth-order valence-corrected chi connectivity index (χ4v) is 2.11. The second kappa shape index (κ2) is 9.59. The standard InChI is InChI=1S/C16H16ClNO2.C2HF3O2/c17-13-7-6-12(11-19-15-9-18-10-15)16(8-13)20-14-4-2-1-3-5-14;3-2(4,5)1(6)7/h1-8,15,18H,9-11H2;(H,6,7). The monoisotopic (exact) mass is 403 g/mol. The van der Waals surface area contributed by atoms with Crippen molar-refractivity contribution in [3.05, 3.63) is 59.1 Å². The molecule has 1 saturated heterocycles. The lowest BCUT2D eigenvalue weighted by atomic mass is 10.2. The first-order valence-electron chi connectivity index (χ1n) is 7.89. The number of carbonyl (C=O) groups is 1. The predicted octanol–water partition coefficient (Wildman–Crippen LogP) is 4.25. The van der Waals surface area contributed by atoms with Crippen LogP contribution in [0.3, 0.4) is 0 Å². The molecule has 0 unspecified atom stereocenters. The van der Waals surface area contributed by atoms with Gasteiger partial charge in [-0.2, -0.15) is 13.2 Å². The van der Waals surface area contributed by atoms with Crippen molar-refractivity contribution >= 4 is 17.6 Å². The zero-order valence-electron chi connectivity index (χ0n) is 14.0. The maximum atomic E-state index is 10.6. The Labute approximate surface area is 158 Å². The largest absolute Gasteiger partial charge is 0.490 e. The summed E-state index contributed by atoms with van der Waals surface area (Å²) in [4.78, 5) is 8.90. The zero-order valence-corrected chi connectivity index (χ0v) is 14.8. The van der Waals surface area contributed by atoms with Crippen LogP contribution in [-0.4, -0.2) is 36.4 Å². The van der Waals surface area contributed by atoms with Gasteiger partial charge in [-0.15, -0.1) is 0 Å². The number of rotatable bonds is 5. The van der Waals surface area contributed by atoms with Crippen LogP contribution in [0, 0.1) is 0 Å². The first-order valence-corrected chi connectivity index (χ1v) is 8.27. The van der Waals surface area contributed by atoms with Gasteiger partial charge in [0.05, 0.1) is 12.7 Å². The summed E-state index contributed by atoms with van der Waals surface area (Å²) in [6.45, 7) is 2.37. The minimum Gasteiger partial charge on any atom is -0.475 e. The summed E-state index contributed by atoms with van der Waals surface area (Å²) in [5.74, 6) is -1.22. The lowest BCUT2D eigenvalue weighted by Gasteiger charge is -2.27. The van der Waals surface area contributed by atoms with Crippen LogP contribution in [0.5, 0.6) is 11.5 Å². The number of benzene rings is 2. The van der Waals surface area contributed by atoms with E-state index in [0.717, 1.165) is 30.2 Å². The number of ether oxygens (including phenoxy) is 2. The number of aliphatic carboxylic acids is 1. The summed E-state index contributed by atoms with van der Waals surface area (Å²) in [6, 6.07) is 15.3. The van der Waals surface area contributed by atoms with Gasteiger partial charge in [0, 0.05) is 23.7 Å². The minimum atomic E-state index is -5.08. The van der Waals surface area contributed by atoms with E-state index < -0.39 is 12.1 Å². The Bertz CT molecular complexity index is 752. The second-order valence-electron chi connectivity index (χ2n) is 5.56. The second-order valence-corrected chi connectivity index (χ2v) is 6.00. The van der Waals surface area contributed by atoms with E-state index in [1.54, 1.807) is 0 Å². The summed E-state index contributed by atoms with van der Waals surface area (Å²) >= 11 is 6.05. The van der Waals surface area contributed by atoms with Crippen LogP contribution in [0.4, 0.5) is 13.2 Å². The van der Waals surface area contributed by atoms with Gasteiger partial charge < -0.3 is 19.9 Å². The highest BCUT2D eigenvalue weighted by Crippen LogP contribution is 2.29. The highest BCUT2D eigenvalue weighted by molar-refractivity contribution is 6.30. The normalized spacial score (nSPS) is 13.9. The molecule has 0 bridgehead atoms. The molecule has 2 N–H and O–H groups in total. The van der Waals surface area contributed by atoms with E-state index in [0.29, 0.717) is 17.7 Å². The molecule has 0 aromatic heterocycles. The van der Waals surface area contributed by atoms with Gasteiger partial charge in [0.1, 0.15) is 11.5 Å². The SMILES string of the molecule is Clc1ccc(COC2CNC2)c(Oc2ccccc2)c1.O=C(O)C(F)(F)F. The minimum absolute atomic E-state index is 0.301. The third kappa shape index (κ3) is 7.09. The van der Waals surface area contributed by atoms with E-state index in [1.807, 2.05) is 48.5 Å². The fraction of sp³-hybridized carbons (Fsp3) is 0.278. The van der Waals surface area contributed by atoms with Crippen LogP contribution in [0.15, 0.2) is 48.5 Å². The Hall–Kier alpha value is -2.29. The predicted molar refractivity (Wildman–Crippen MR) is 93.1 cm³/mol. The molecular weight excluding hydrogens is 387 g/mol. The summed E-state index contributed by atoms with van der Waals surface area (Å²) in [6.07, 6.45) is -4.78. The van der Waals surface area contributed by atoms with E-state index in [4.69, 9.17) is 31.0 Å². The van der Waals surface area contributed by atoms with Crippen LogP contribution in [0.1, 0.15) is 5.56 Å². The number of nitrogens with one attached hydrogen (secondary N) is 1. The van der Waals surface area contributed by atoms with Crippen molar-refractivity contribution in [1.29, 1.82) is 0 Å². The third-order valence-corrected chi connectivity index (χ3v) is 3.70. The van der Waals surface area contributed by atoms with Gasteiger partial charge >= 0.3 is 12.1 Å². The number of carboxylic acids is 1. The number of hydrogen-bond acceptors (Lipinski definition) is 4. The molecular formula is C18H17ClF3NO4. The Morgan fingerprint density at radius 3 is 2.33 bits per heavy atom. The molecule has 0 atom stereocenters. The number of para-hydroxylation sites is 1. The number of halogens is 4. The zero-order chi connectivity index (χ0) is 19.9. The molecule has 2 aromatic rings. The molecule has 0 aliphatic carbocycles. The van der Waals surface area contributed by atoms with Crippen LogP contribution < -0.4 is 10.1 Å². The lowest BCUT2D eigenvalue weighted by molar-refractivity contribution is -0.192. The van der Waals surface area contributed by atoms with Gasteiger partial charge in [-0.05, 0) is 24.3 Å². The summed E-state index contributed by atoms with van der Waals surface area (Å²) in [7, 11) is 0. The molecule has 1 aliphatic heterocycles. The molecule has 9 heteroatoms. The molecule has 0 amide bonds. The number of alkyl halides is 3. The highest BCUT2D eigenvalue weighted by Gasteiger charge is 2.38. The third-order valence-electron chi connectivity index (χ3n) is 3.46. The molecule has 5 nitrogen and oxygen atoms in total. The van der Waals surface area contributed by atoms with Crippen LogP contribution in [0.2, 0.25) is 5.02 Å². The Morgan fingerprint density at radius 1 is 1.19 bits per heavy atom. The average molecular weight is 404 g/mol. The van der Waals surface area contributed by atoms with E-state index in [-0.39, 0.29) is 0 Å². The van der Waals surface area contributed by atoms with Crippen molar-refractivity contribution in [2.24, 2.45) is 0 Å². The van der Waals surface area contributed by atoms with Gasteiger partial charge in [-0.3, -0.25) is 0 Å². The topological polar surface area (TPSA) is 67.8 Å². The summed E-state index contributed by atoms with van der Waals surface area (Å²) in [5.41, 5.74) is 1.00. The molecule has 3 rings (SSSR count). The molecule has 1 aliphatic rings. The highest BCUT2D eigenvalue weighted by atomic mass is 35.5. The van der Waals surface area contributed by atoms with E-state index in [9.17, 15) is 13.2 Å². The van der Waals surface area contributed by atoms with Crippen molar-refractivity contribution < 1.29 is 32.5 Å². The van der Waals surface area contributed by atoms with Gasteiger partial charge in [0.15, 0.2) is 0 Å². The number of hydrogen-bond donors (Lipinski definition) is 2. The van der Waals surface area contributed by atoms with Crippen LogP contribution in [-0.2, 0) is 16.1 Å². The van der Waals surface area contributed by atoms with Crippen LogP contribution in [0.25, 0.3) is 0 Å². The molecule has 0 saturated carbocycles. The average Bonchev–Trinajstić information content (AvgIpc) is 2.56. The quantitative estimate of drug-likeness (QED) is 0.781. The smallest absolute Gasteiger partial charge is 0.475 e. The molecule has 146 valence electrons. The molecule has 1 heterocycles. The van der Waals surface area contributed by atoms with Crippen molar-refractivity contribution in [3.8, 4) is 11.5 Å². The van der Waals surface area contributed by atoms with Crippen LogP contribution >= 0.6 is 11.6 Å². The van der Waals surface area contributed by atoms with Gasteiger partial charge in [-0.25, -0.2) is 4.79 Å². The molecule has 1 fully saturated rings. The maximum absolute atomic E-state index is 10.6. The molecule has 0 spiro atoms. The Kier molecular flexibility index (Phi) is 7.46. The Balaban J connectivity index is 0.000000321. The van der Waals surface area contributed by atoms with Crippen molar-refractivity contribution in [2.75, 3.05) is 13.1 Å². The van der Waals surface area contributed by atoms with E-state index >= 15 is 0 Å². The molecule has 2 aromatic carbocycles.